The van der Waals surface area contributed by atoms with Crippen molar-refractivity contribution in [2.75, 3.05) is 19.6 Å². The van der Waals surface area contributed by atoms with Crippen molar-refractivity contribution >= 4 is 12.0 Å². The van der Waals surface area contributed by atoms with Crippen LogP contribution < -0.4 is 0 Å². The molecule has 2 amide bonds. The number of hydrogen-bond donors (Lipinski definition) is 0. The first-order chi connectivity index (χ1) is 9.80. The lowest BCUT2D eigenvalue weighted by atomic mass is 10.1. The number of rotatable bonds is 3. The van der Waals surface area contributed by atoms with Gasteiger partial charge in [-0.15, -0.1) is 6.58 Å². The first-order valence-corrected chi connectivity index (χ1v) is 7.70. The summed E-state index contributed by atoms with van der Waals surface area (Å²) in [5.74, 6) is 0.407. The molecule has 0 spiro atoms. The van der Waals surface area contributed by atoms with Crippen molar-refractivity contribution < 1.29 is 14.3 Å². The summed E-state index contributed by atoms with van der Waals surface area (Å²) in [5, 5.41) is 0. The second-order valence-electron chi connectivity index (χ2n) is 6.97. The maximum Gasteiger partial charge on any atom is 0.410 e. The standard InChI is InChI=1S/C16H26N2O3/c1-5-12-9-14(19)17(10-12)11-13-7-6-8-18(13)15(20)21-16(2,3)4/h5,12-13H,1,6-11H2,2-4H3/t12?,13-/m1/s1. The molecule has 0 aliphatic carbocycles. The Morgan fingerprint density at radius 3 is 2.76 bits per heavy atom. The molecule has 0 aromatic rings. The fraction of sp³-hybridized carbons (Fsp3) is 0.750. The maximum atomic E-state index is 12.2. The first kappa shape index (κ1) is 15.9. The van der Waals surface area contributed by atoms with Gasteiger partial charge in [0.1, 0.15) is 5.60 Å². The Morgan fingerprint density at radius 1 is 1.48 bits per heavy atom. The average Bonchev–Trinajstić information content (AvgIpc) is 2.95. The molecule has 2 rings (SSSR count). The minimum atomic E-state index is -0.485. The van der Waals surface area contributed by atoms with Crippen molar-refractivity contribution in [3.63, 3.8) is 0 Å². The minimum absolute atomic E-state index is 0.0763. The second-order valence-corrected chi connectivity index (χ2v) is 6.97. The lowest BCUT2D eigenvalue weighted by molar-refractivity contribution is -0.128. The first-order valence-electron chi connectivity index (χ1n) is 7.70. The van der Waals surface area contributed by atoms with Crippen molar-refractivity contribution in [1.82, 2.24) is 9.80 Å². The van der Waals surface area contributed by atoms with Gasteiger partial charge in [-0.3, -0.25) is 4.79 Å². The molecule has 0 bridgehead atoms. The van der Waals surface area contributed by atoms with Gasteiger partial charge in [0.05, 0.1) is 6.04 Å². The summed E-state index contributed by atoms with van der Waals surface area (Å²) in [6.07, 6.45) is 4.02. The largest absolute Gasteiger partial charge is 0.444 e. The molecule has 2 saturated heterocycles. The van der Waals surface area contributed by atoms with E-state index in [0.29, 0.717) is 19.5 Å². The molecule has 0 N–H and O–H groups in total. The topological polar surface area (TPSA) is 49.9 Å². The van der Waals surface area contributed by atoms with E-state index in [1.807, 2.05) is 31.7 Å². The van der Waals surface area contributed by atoms with Gasteiger partial charge in [-0.2, -0.15) is 0 Å². The van der Waals surface area contributed by atoms with E-state index in [2.05, 4.69) is 6.58 Å². The molecule has 0 aromatic heterocycles. The van der Waals surface area contributed by atoms with Crippen LogP contribution in [0.4, 0.5) is 4.79 Å². The van der Waals surface area contributed by atoms with Crippen molar-refractivity contribution in [1.29, 1.82) is 0 Å². The molecule has 0 aromatic carbocycles. The zero-order chi connectivity index (χ0) is 15.6. The predicted octanol–water partition coefficient (Wildman–Crippen LogP) is 2.42. The Kier molecular flexibility index (Phi) is 4.59. The van der Waals surface area contributed by atoms with Crippen LogP contribution in [0, 0.1) is 5.92 Å². The van der Waals surface area contributed by atoms with Crippen LogP contribution in [0.1, 0.15) is 40.0 Å². The predicted molar refractivity (Wildman–Crippen MR) is 80.8 cm³/mol. The van der Waals surface area contributed by atoms with Crippen LogP contribution in [0.15, 0.2) is 12.7 Å². The van der Waals surface area contributed by atoms with Gasteiger partial charge >= 0.3 is 6.09 Å². The number of likely N-dealkylation sites (tertiary alicyclic amines) is 2. The van der Waals surface area contributed by atoms with E-state index in [1.165, 1.54) is 0 Å². The molecule has 2 fully saturated rings. The van der Waals surface area contributed by atoms with Crippen LogP contribution in [-0.2, 0) is 9.53 Å². The highest BCUT2D eigenvalue weighted by atomic mass is 16.6. The van der Waals surface area contributed by atoms with Crippen molar-refractivity contribution in [3.8, 4) is 0 Å². The number of carbonyl (C=O) groups is 2. The smallest absolute Gasteiger partial charge is 0.410 e. The van der Waals surface area contributed by atoms with E-state index in [0.717, 1.165) is 19.4 Å². The number of hydrogen-bond acceptors (Lipinski definition) is 3. The average molecular weight is 294 g/mol. The molecule has 118 valence electrons. The molecule has 2 heterocycles. The van der Waals surface area contributed by atoms with Gasteiger partial charge in [0, 0.05) is 32.0 Å². The van der Waals surface area contributed by atoms with Crippen LogP contribution in [0.5, 0.6) is 0 Å². The van der Waals surface area contributed by atoms with Gasteiger partial charge in [0.25, 0.3) is 0 Å². The lowest BCUT2D eigenvalue weighted by Crippen LogP contribution is -2.45. The molecule has 21 heavy (non-hydrogen) atoms. The summed E-state index contributed by atoms with van der Waals surface area (Å²) in [6.45, 7) is 11.4. The van der Waals surface area contributed by atoms with Gasteiger partial charge in [-0.1, -0.05) is 6.08 Å². The van der Waals surface area contributed by atoms with Gasteiger partial charge < -0.3 is 14.5 Å². The van der Waals surface area contributed by atoms with Crippen molar-refractivity contribution in [2.24, 2.45) is 5.92 Å². The summed E-state index contributed by atoms with van der Waals surface area (Å²) in [6, 6.07) is 0.0763. The van der Waals surface area contributed by atoms with Crippen molar-refractivity contribution in [3.05, 3.63) is 12.7 Å². The Hall–Kier alpha value is -1.52. The fourth-order valence-electron chi connectivity index (χ4n) is 2.98. The Morgan fingerprint density at radius 2 is 2.19 bits per heavy atom. The molecule has 2 atom stereocenters. The highest BCUT2D eigenvalue weighted by Crippen LogP contribution is 2.25. The van der Waals surface area contributed by atoms with Crippen molar-refractivity contribution in [2.45, 2.75) is 51.7 Å². The van der Waals surface area contributed by atoms with E-state index in [9.17, 15) is 9.59 Å². The Labute approximate surface area is 126 Å². The summed E-state index contributed by atoms with van der Waals surface area (Å²) in [7, 11) is 0. The van der Waals surface area contributed by atoms with Gasteiger partial charge in [0.2, 0.25) is 5.91 Å². The molecular weight excluding hydrogens is 268 g/mol. The van der Waals surface area contributed by atoms with E-state index >= 15 is 0 Å². The van der Waals surface area contributed by atoms with E-state index in [4.69, 9.17) is 4.74 Å². The third-order valence-corrected chi connectivity index (χ3v) is 4.01. The summed E-state index contributed by atoms with van der Waals surface area (Å²) >= 11 is 0. The van der Waals surface area contributed by atoms with Crippen LogP contribution >= 0.6 is 0 Å². The zero-order valence-electron chi connectivity index (χ0n) is 13.3. The quantitative estimate of drug-likeness (QED) is 0.751. The van der Waals surface area contributed by atoms with E-state index < -0.39 is 5.60 Å². The van der Waals surface area contributed by atoms with Gasteiger partial charge in [-0.05, 0) is 33.6 Å². The summed E-state index contributed by atoms with van der Waals surface area (Å²) in [4.78, 5) is 27.8. The molecule has 5 nitrogen and oxygen atoms in total. The third kappa shape index (κ3) is 3.99. The fourth-order valence-corrected chi connectivity index (χ4v) is 2.98. The maximum absolute atomic E-state index is 12.2. The lowest BCUT2D eigenvalue weighted by Gasteiger charge is -2.30. The summed E-state index contributed by atoms with van der Waals surface area (Å²) in [5.41, 5.74) is -0.485. The second kappa shape index (κ2) is 6.08. The molecular formula is C16H26N2O3. The highest BCUT2D eigenvalue weighted by Gasteiger charge is 2.36. The number of carbonyl (C=O) groups excluding carboxylic acids is 2. The minimum Gasteiger partial charge on any atom is -0.444 e. The third-order valence-electron chi connectivity index (χ3n) is 4.01. The van der Waals surface area contributed by atoms with Gasteiger partial charge in [-0.25, -0.2) is 4.79 Å². The number of nitrogens with zero attached hydrogens (tertiary/aromatic N) is 2. The summed E-state index contributed by atoms with van der Waals surface area (Å²) < 4.78 is 5.45. The molecule has 2 aliphatic rings. The molecule has 0 radical (unpaired) electrons. The Bertz CT molecular complexity index is 428. The number of ether oxygens (including phenoxy) is 1. The van der Waals surface area contributed by atoms with E-state index in [-0.39, 0.29) is 24.0 Å². The highest BCUT2D eigenvalue weighted by molar-refractivity contribution is 5.79. The Balaban J connectivity index is 1.95. The van der Waals surface area contributed by atoms with Crippen LogP contribution in [-0.4, -0.2) is 53.1 Å². The monoisotopic (exact) mass is 294 g/mol. The molecule has 2 aliphatic heterocycles. The number of amides is 2. The zero-order valence-corrected chi connectivity index (χ0v) is 13.3. The van der Waals surface area contributed by atoms with E-state index in [1.54, 1.807) is 4.90 Å². The molecule has 0 saturated carbocycles. The van der Waals surface area contributed by atoms with Gasteiger partial charge in [0.15, 0.2) is 0 Å². The SMILES string of the molecule is C=CC1CC(=O)N(C[C@H]2CCCN2C(=O)OC(C)(C)C)C1. The molecule has 1 unspecified atom stereocenters. The normalized spacial score (nSPS) is 26.3. The van der Waals surface area contributed by atoms with Crippen LogP contribution in [0.2, 0.25) is 0 Å². The van der Waals surface area contributed by atoms with Crippen LogP contribution in [0.25, 0.3) is 0 Å². The molecule has 5 heteroatoms. The van der Waals surface area contributed by atoms with Crippen LogP contribution in [0.3, 0.4) is 0 Å².